The summed E-state index contributed by atoms with van der Waals surface area (Å²) in [5, 5.41) is 6.83. The first-order chi connectivity index (χ1) is 9.94. The van der Waals surface area contributed by atoms with Crippen molar-refractivity contribution in [3.63, 3.8) is 0 Å². The third-order valence-corrected chi connectivity index (χ3v) is 3.17. The SMILES string of the molecule is CNC(Cn1cc(C(F)(F)F)cn1)c1cccc(OC)c1. The molecule has 0 amide bonds. The normalized spacial score (nSPS) is 13.2. The van der Waals surface area contributed by atoms with Gasteiger partial charge in [-0.1, -0.05) is 12.1 Å². The van der Waals surface area contributed by atoms with Gasteiger partial charge >= 0.3 is 6.18 Å². The average molecular weight is 299 g/mol. The van der Waals surface area contributed by atoms with Gasteiger partial charge in [-0.3, -0.25) is 4.68 Å². The Kier molecular flexibility index (Phi) is 4.52. The van der Waals surface area contributed by atoms with Crippen LogP contribution in [-0.2, 0) is 12.7 Å². The molecule has 7 heteroatoms. The Hall–Kier alpha value is -2.02. The highest BCUT2D eigenvalue weighted by Gasteiger charge is 2.32. The van der Waals surface area contributed by atoms with Gasteiger partial charge in [0.05, 0.1) is 31.5 Å². The maximum Gasteiger partial charge on any atom is 0.419 e. The summed E-state index contributed by atoms with van der Waals surface area (Å²) in [5.41, 5.74) is 0.170. The zero-order valence-electron chi connectivity index (χ0n) is 11.7. The van der Waals surface area contributed by atoms with E-state index in [9.17, 15) is 13.2 Å². The van der Waals surface area contributed by atoms with Crippen LogP contribution in [0, 0.1) is 0 Å². The van der Waals surface area contributed by atoms with Crippen molar-refractivity contribution in [2.75, 3.05) is 14.2 Å². The Balaban J connectivity index is 2.17. The minimum Gasteiger partial charge on any atom is -0.497 e. The summed E-state index contributed by atoms with van der Waals surface area (Å²) in [6.07, 6.45) is -2.54. The molecule has 1 heterocycles. The molecule has 1 atom stereocenters. The molecule has 1 aromatic heterocycles. The first kappa shape index (κ1) is 15.4. The van der Waals surface area contributed by atoms with Gasteiger partial charge in [0.15, 0.2) is 0 Å². The number of nitrogens with zero attached hydrogens (tertiary/aromatic N) is 2. The number of benzene rings is 1. The Bertz CT molecular complexity index is 595. The molecule has 0 bridgehead atoms. The molecule has 1 N–H and O–H groups in total. The number of likely N-dealkylation sites (N-methyl/N-ethyl adjacent to an activating group) is 1. The van der Waals surface area contributed by atoms with Gasteiger partial charge in [-0.05, 0) is 24.7 Å². The first-order valence-electron chi connectivity index (χ1n) is 6.35. The summed E-state index contributed by atoms with van der Waals surface area (Å²) in [7, 11) is 3.31. The predicted molar refractivity (Wildman–Crippen MR) is 72.0 cm³/mol. The van der Waals surface area contributed by atoms with E-state index in [4.69, 9.17) is 4.74 Å². The molecule has 21 heavy (non-hydrogen) atoms. The second kappa shape index (κ2) is 6.17. The Labute approximate surface area is 120 Å². The fraction of sp³-hybridized carbons (Fsp3) is 0.357. The lowest BCUT2D eigenvalue weighted by Crippen LogP contribution is -2.22. The Morgan fingerprint density at radius 3 is 2.71 bits per heavy atom. The largest absolute Gasteiger partial charge is 0.497 e. The molecule has 0 aliphatic carbocycles. The van der Waals surface area contributed by atoms with E-state index in [1.807, 2.05) is 24.3 Å². The van der Waals surface area contributed by atoms with Crippen molar-refractivity contribution >= 4 is 0 Å². The summed E-state index contributed by atoms with van der Waals surface area (Å²) in [4.78, 5) is 0. The van der Waals surface area contributed by atoms with Crippen LogP contribution in [0.15, 0.2) is 36.7 Å². The average Bonchev–Trinajstić information content (AvgIpc) is 2.93. The zero-order chi connectivity index (χ0) is 15.5. The molecular weight excluding hydrogens is 283 g/mol. The van der Waals surface area contributed by atoms with Gasteiger partial charge in [0.25, 0.3) is 0 Å². The summed E-state index contributed by atoms with van der Waals surface area (Å²) >= 11 is 0. The smallest absolute Gasteiger partial charge is 0.419 e. The lowest BCUT2D eigenvalue weighted by atomic mass is 10.1. The number of halogens is 3. The topological polar surface area (TPSA) is 39.1 Å². The Morgan fingerprint density at radius 1 is 1.38 bits per heavy atom. The van der Waals surface area contributed by atoms with E-state index in [0.29, 0.717) is 12.3 Å². The van der Waals surface area contributed by atoms with E-state index in [-0.39, 0.29) is 6.04 Å². The molecule has 2 rings (SSSR count). The molecule has 0 spiro atoms. The number of hydrogen-bond acceptors (Lipinski definition) is 3. The third kappa shape index (κ3) is 3.75. The van der Waals surface area contributed by atoms with Gasteiger partial charge < -0.3 is 10.1 Å². The van der Waals surface area contributed by atoms with Gasteiger partial charge in [-0.2, -0.15) is 18.3 Å². The number of aromatic nitrogens is 2. The molecule has 1 unspecified atom stereocenters. The molecule has 0 saturated heterocycles. The van der Waals surface area contributed by atoms with Crippen molar-refractivity contribution in [2.45, 2.75) is 18.8 Å². The molecule has 0 aliphatic heterocycles. The van der Waals surface area contributed by atoms with Gasteiger partial charge in [0, 0.05) is 6.20 Å². The van der Waals surface area contributed by atoms with E-state index in [1.54, 1.807) is 14.2 Å². The van der Waals surface area contributed by atoms with E-state index >= 15 is 0 Å². The molecule has 0 aliphatic rings. The monoisotopic (exact) mass is 299 g/mol. The lowest BCUT2D eigenvalue weighted by Gasteiger charge is -2.17. The number of nitrogens with one attached hydrogen (secondary N) is 1. The van der Waals surface area contributed by atoms with Crippen molar-refractivity contribution in [2.24, 2.45) is 0 Å². The van der Waals surface area contributed by atoms with Crippen molar-refractivity contribution in [1.82, 2.24) is 15.1 Å². The minimum absolute atomic E-state index is 0.166. The molecule has 0 fully saturated rings. The van der Waals surface area contributed by atoms with Crippen LogP contribution >= 0.6 is 0 Å². The van der Waals surface area contributed by atoms with Gasteiger partial charge in [-0.15, -0.1) is 0 Å². The van der Waals surface area contributed by atoms with Crippen LogP contribution in [0.25, 0.3) is 0 Å². The van der Waals surface area contributed by atoms with E-state index in [1.165, 1.54) is 4.68 Å². The summed E-state index contributed by atoms with van der Waals surface area (Å²) in [6, 6.07) is 7.21. The fourth-order valence-electron chi connectivity index (χ4n) is 2.02. The number of alkyl halides is 3. The zero-order valence-corrected chi connectivity index (χ0v) is 11.7. The highest BCUT2D eigenvalue weighted by molar-refractivity contribution is 5.30. The maximum absolute atomic E-state index is 12.6. The quantitative estimate of drug-likeness (QED) is 0.922. The van der Waals surface area contributed by atoms with Gasteiger partial charge in [0.2, 0.25) is 0 Å². The van der Waals surface area contributed by atoms with Gasteiger partial charge in [-0.25, -0.2) is 0 Å². The number of ether oxygens (including phenoxy) is 1. The molecule has 1 aromatic carbocycles. The number of methoxy groups -OCH3 is 1. The summed E-state index contributed by atoms with van der Waals surface area (Å²) in [6.45, 7) is 0.291. The van der Waals surface area contributed by atoms with Crippen LogP contribution < -0.4 is 10.1 Å². The fourth-order valence-corrected chi connectivity index (χ4v) is 2.02. The van der Waals surface area contributed by atoms with Crippen molar-refractivity contribution in [3.8, 4) is 5.75 Å². The minimum atomic E-state index is -4.37. The van der Waals surface area contributed by atoms with Crippen molar-refractivity contribution in [3.05, 3.63) is 47.8 Å². The van der Waals surface area contributed by atoms with Crippen LogP contribution in [0.1, 0.15) is 17.2 Å². The maximum atomic E-state index is 12.6. The molecule has 4 nitrogen and oxygen atoms in total. The molecule has 114 valence electrons. The second-order valence-corrected chi connectivity index (χ2v) is 4.57. The second-order valence-electron chi connectivity index (χ2n) is 4.57. The summed E-state index contributed by atoms with van der Waals surface area (Å²) < 4.78 is 44.1. The molecule has 0 saturated carbocycles. The van der Waals surface area contributed by atoms with Crippen LogP contribution in [0.2, 0.25) is 0 Å². The number of hydrogen-bond donors (Lipinski definition) is 1. The highest BCUT2D eigenvalue weighted by atomic mass is 19.4. The molecule has 2 aromatic rings. The van der Waals surface area contributed by atoms with Gasteiger partial charge in [0.1, 0.15) is 5.75 Å². The lowest BCUT2D eigenvalue weighted by molar-refractivity contribution is -0.137. The van der Waals surface area contributed by atoms with Crippen LogP contribution in [0.5, 0.6) is 5.75 Å². The first-order valence-corrected chi connectivity index (χ1v) is 6.35. The van der Waals surface area contributed by atoms with E-state index in [2.05, 4.69) is 10.4 Å². The van der Waals surface area contributed by atoms with E-state index < -0.39 is 11.7 Å². The molecular formula is C14H16F3N3O. The van der Waals surface area contributed by atoms with E-state index in [0.717, 1.165) is 18.0 Å². The highest BCUT2D eigenvalue weighted by Crippen LogP contribution is 2.29. The predicted octanol–water partition coefficient (Wildman–Crippen LogP) is 2.87. The number of rotatable bonds is 5. The Morgan fingerprint density at radius 2 is 2.14 bits per heavy atom. The van der Waals surface area contributed by atoms with Crippen LogP contribution in [0.4, 0.5) is 13.2 Å². The van der Waals surface area contributed by atoms with Crippen molar-refractivity contribution < 1.29 is 17.9 Å². The standard InChI is InChI=1S/C14H16F3N3O/c1-18-13(10-4-3-5-12(6-10)21-2)9-20-8-11(7-19-20)14(15,16)17/h3-8,13,18H,9H2,1-2H3. The van der Waals surface area contributed by atoms with Crippen LogP contribution in [0.3, 0.4) is 0 Å². The van der Waals surface area contributed by atoms with Crippen molar-refractivity contribution in [1.29, 1.82) is 0 Å². The molecule has 0 radical (unpaired) electrons. The summed E-state index contributed by atoms with van der Waals surface area (Å²) in [5.74, 6) is 0.698. The van der Waals surface area contributed by atoms with Crippen LogP contribution in [-0.4, -0.2) is 23.9 Å². The third-order valence-electron chi connectivity index (χ3n) is 3.17.